The standard InChI is InChI=1S/C21H16F4N4O2/c22-16-7-6-12(19(26)30)8-17(16)28-20(31)15-10-27-29(18(15)11-4-5-11)14-3-1-2-13(9-14)21(23,24)25/h1-3,6-11H,4-5H2,(H2,26,30)(H,28,31). The number of hydrogen-bond acceptors (Lipinski definition) is 3. The first-order valence-electron chi connectivity index (χ1n) is 9.31. The molecule has 0 aliphatic heterocycles. The Morgan fingerprint density at radius 3 is 2.52 bits per heavy atom. The van der Waals surface area contributed by atoms with Gasteiger partial charge in [0.15, 0.2) is 0 Å². The maximum absolute atomic E-state index is 14.1. The van der Waals surface area contributed by atoms with Crippen LogP contribution in [0.15, 0.2) is 48.7 Å². The zero-order chi connectivity index (χ0) is 22.3. The van der Waals surface area contributed by atoms with Crippen molar-refractivity contribution < 1.29 is 27.2 Å². The number of halogens is 4. The number of nitrogens with zero attached hydrogens (tertiary/aromatic N) is 2. The Hall–Kier alpha value is -3.69. The van der Waals surface area contributed by atoms with Gasteiger partial charge < -0.3 is 11.1 Å². The molecule has 1 saturated carbocycles. The van der Waals surface area contributed by atoms with Crippen LogP contribution in [0, 0.1) is 5.82 Å². The number of nitrogens with two attached hydrogens (primary N) is 1. The summed E-state index contributed by atoms with van der Waals surface area (Å²) in [4.78, 5) is 24.2. The minimum absolute atomic E-state index is 0.0128. The number of rotatable bonds is 5. The second-order valence-corrected chi connectivity index (χ2v) is 7.19. The van der Waals surface area contributed by atoms with Crippen LogP contribution in [0.4, 0.5) is 23.2 Å². The number of alkyl halides is 3. The molecule has 2 amide bonds. The molecule has 160 valence electrons. The van der Waals surface area contributed by atoms with Crippen molar-refractivity contribution in [2.45, 2.75) is 24.9 Å². The summed E-state index contributed by atoms with van der Waals surface area (Å²) in [5.74, 6) is -2.30. The lowest BCUT2D eigenvalue weighted by molar-refractivity contribution is -0.137. The number of hydrogen-bond donors (Lipinski definition) is 2. The van der Waals surface area contributed by atoms with E-state index in [1.807, 2.05) is 0 Å². The zero-order valence-electron chi connectivity index (χ0n) is 15.9. The van der Waals surface area contributed by atoms with Crippen LogP contribution in [0.1, 0.15) is 50.7 Å². The molecule has 4 rings (SSSR count). The largest absolute Gasteiger partial charge is 0.416 e. The van der Waals surface area contributed by atoms with E-state index in [2.05, 4.69) is 10.4 Å². The van der Waals surface area contributed by atoms with E-state index in [0.29, 0.717) is 5.69 Å². The van der Waals surface area contributed by atoms with Gasteiger partial charge in [0.25, 0.3) is 5.91 Å². The number of amides is 2. The molecule has 1 aliphatic carbocycles. The Labute approximate surface area is 173 Å². The first-order chi connectivity index (χ1) is 14.6. The van der Waals surface area contributed by atoms with E-state index in [4.69, 9.17) is 5.73 Å². The number of anilines is 1. The molecule has 3 aromatic rings. The van der Waals surface area contributed by atoms with E-state index >= 15 is 0 Å². The third-order valence-electron chi connectivity index (χ3n) is 4.93. The van der Waals surface area contributed by atoms with Crippen molar-refractivity contribution in [3.05, 3.63) is 76.9 Å². The van der Waals surface area contributed by atoms with Gasteiger partial charge in [0.05, 0.1) is 34.4 Å². The quantitative estimate of drug-likeness (QED) is 0.591. The average molecular weight is 432 g/mol. The summed E-state index contributed by atoms with van der Waals surface area (Å²) in [6, 6.07) is 7.94. The number of nitrogens with one attached hydrogen (secondary N) is 1. The van der Waals surface area contributed by atoms with Crippen molar-refractivity contribution in [1.82, 2.24) is 9.78 Å². The molecule has 6 nitrogen and oxygen atoms in total. The van der Waals surface area contributed by atoms with E-state index < -0.39 is 29.4 Å². The van der Waals surface area contributed by atoms with Gasteiger partial charge in [0.2, 0.25) is 5.91 Å². The molecule has 2 aromatic carbocycles. The van der Waals surface area contributed by atoms with Crippen molar-refractivity contribution in [2.24, 2.45) is 5.73 Å². The van der Waals surface area contributed by atoms with Crippen LogP contribution in [-0.2, 0) is 6.18 Å². The monoisotopic (exact) mass is 432 g/mol. The smallest absolute Gasteiger partial charge is 0.366 e. The molecule has 0 spiro atoms. The van der Waals surface area contributed by atoms with Crippen molar-refractivity contribution in [3.8, 4) is 5.69 Å². The van der Waals surface area contributed by atoms with Crippen LogP contribution in [0.5, 0.6) is 0 Å². The molecule has 1 heterocycles. The topological polar surface area (TPSA) is 90.0 Å². The van der Waals surface area contributed by atoms with Gasteiger partial charge in [-0.3, -0.25) is 9.59 Å². The maximum Gasteiger partial charge on any atom is 0.416 e. The predicted molar refractivity (Wildman–Crippen MR) is 103 cm³/mol. The molecule has 3 N–H and O–H groups in total. The molecule has 0 saturated heterocycles. The van der Waals surface area contributed by atoms with Gasteiger partial charge in [-0.05, 0) is 49.2 Å². The van der Waals surface area contributed by atoms with Crippen LogP contribution in [0.25, 0.3) is 5.69 Å². The Morgan fingerprint density at radius 2 is 1.87 bits per heavy atom. The van der Waals surface area contributed by atoms with Crippen LogP contribution >= 0.6 is 0 Å². The fraction of sp³-hybridized carbons (Fsp3) is 0.190. The fourth-order valence-corrected chi connectivity index (χ4v) is 3.27. The molecule has 0 radical (unpaired) electrons. The van der Waals surface area contributed by atoms with E-state index in [1.54, 1.807) is 0 Å². The summed E-state index contributed by atoms with van der Waals surface area (Å²) >= 11 is 0. The summed E-state index contributed by atoms with van der Waals surface area (Å²) in [7, 11) is 0. The molecule has 31 heavy (non-hydrogen) atoms. The molecule has 1 fully saturated rings. The lowest BCUT2D eigenvalue weighted by Crippen LogP contribution is -2.17. The number of carbonyl (C=O) groups is 2. The molecular weight excluding hydrogens is 416 g/mol. The van der Waals surface area contributed by atoms with Crippen LogP contribution in [-0.4, -0.2) is 21.6 Å². The molecule has 0 bridgehead atoms. The highest BCUT2D eigenvalue weighted by molar-refractivity contribution is 6.06. The van der Waals surface area contributed by atoms with Crippen molar-refractivity contribution in [3.63, 3.8) is 0 Å². The minimum atomic E-state index is -4.52. The maximum atomic E-state index is 14.1. The lowest BCUT2D eigenvalue weighted by Gasteiger charge is -2.12. The molecule has 1 aliphatic rings. The third-order valence-corrected chi connectivity index (χ3v) is 4.93. The van der Waals surface area contributed by atoms with Crippen LogP contribution in [0.2, 0.25) is 0 Å². The Morgan fingerprint density at radius 1 is 1.13 bits per heavy atom. The molecule has 0 unspecified atom stereocenters. The van der Waals surface area contributed by atoms with Crippen LogP contribution < -0.4 is 11.1 Å². The fourth-order valence-electron chi connectivity index (χ4n) is 3.27. The first-order valence-corrected chi connectivity index (χ1v) is 9.31. The summed E-state index contributed by atoms with van der Waals surface area (Å²) in [6.07, 6.45) is -1.79. The SMILES string of the molecule is NC(=O)c1ccc(F)c(NC(=O)c2cnn(-c3cccc(C(F)(F)F)c3)c2C2CC2)c1. The van der Waals surface area contributed by atoms with E-state index in [0.717, 1.165) is 37.1 Å². The Balaban J connectivity index is 1.70. The molecule has 1 aromatic heterocycles. The third kappa shape index (κ3) is 4.14. The van der Waals surface area contributed by atoms with Gasteiger partial charge in [-0.2, -0.15) is 18.3 Å². The summed E-state index contributed by atoms with van der Waals surface area (Å²) in [5, 5.41) is 6.51. The van der Waals surface area contributed by atoms with Gasteiger partial charge in [-0.15, -0.1) is 0 Å². The highest BCUT2D eigenvalue weighted by Gasteiger charge is 2.34. The summed E-state index contributed by atoms with van der Waals surface area (Å²) < 4.78 is 54.7. The second-order valence-electron chi connectivity index (χ2n) is 7.19. The molecule has 10 heteroatoms. The highest BCUT2D eigenvalue weighted by atomic mass is 19.4. The van der Waals surface area contributed by atoms with Gasteiger partial charge in [0, 0.05) is 11.5 Å². The highest BCUT2D eigenvalue weighted by Crippen LogP contribution is 2.43. The number of aromatic nitrogens is 2. The van der Waals surface area contributed by atoms with Crippen molar-refractivity contribution >= 4 is 17.5 Å². The van der Waals surface area contributed by atoms with Crippen LogP contribution in [0.3, 0.4) is 0 Å². The van der Waals surface area contributed by atoms with Gasteiger partial charge >= 0.3 is 6.18 Å². The summed E-state index contributed by atoms with van der Waals surface area (Å²) in [6.45, 7) is 0. The molecular formula is C21H16F4N4O2. The number of primary amides is 1. The lowest BCUT2D eigenvalue weighted by atomic mass is 10.1. The van der Waals surface area contributed by atoms with E-state index in [9.17, 15) is 27.2 Å². The minimum Gasteiger partial charge on any atom is -0.366 e. The molecule has 0 atom stereocenters. The average Bonchev–Trinajstić information content (AvgIpc) is 3.46. The van der Waals surface area contributed by atoms with Gasteiger partial charge in [0.1, 0.15) is 5.82 Å². The predicted octanol–water partition coefficient (Wildman–Crippen LogP) is 4.26. The Bertz CT molecular complexity index is 1180. The second kappa shape index (κ2) is 7.53. The number of benzene rings is 2. The van der Waals surface area contributed by atoms with E-state index in [1.165, 1.54) is 29.1 Å². The van der Waals surface area contributed by atoms with Crippen molar-refractivity contribution in [1.29, 1.82) is 0 Å². The van der Waals surface area contributed by atoms with Gasteiger partial charge in [-0.25, -0.2) is 9.07 Å². The normalized spacial score (nSPS) is 13.8. The summed E-state index contributed by atoms with van der Waals surface area (Å²) in [5.41, 5.74) is 4.85. The van der Waals surface area contributed by atoms with Gasteiger partial charge in [-0.1, -0.05) is 6.07 Å². The zero-order valence-corrected chi connectivity index (χ0v) is 15.9. The van der Waals surface area contributed by atoms with E-state index in [-0.39, 0.29) is 28.4 Å². The Kier molecular flexibility index (Phi) is 5.00. The number of carbonyl (C=O) groups excluding carboxylic acids is 2. The van der Waals surface area contributed by atoms with Crippen molar-refractivity contribution in [2.75, 3.05) is 5.32 Å². The first kappa shape index (κ1) is 20.6.